The first-order valence-corrected chi connectivity index (χ1v) is 9.31. The second kappa shape index (κ2) is 6.28. The number of ether oxygens (including phenoxy) is 1. The number of carbonyl (C=O) groups is 3. The maximum absolute atomic E-state index is 13.5. The van der Waals surface area contributed by atoms with Gasteiger partial charge in [0.2, 0.25) is 5.91 Å². The molecule has 7 nitrogen and oxygen atoms in total. The number of rotatable bonds is 2. The van der Waals surface area contributed by atoms with Gasteiger partial charge >= 0.3 is 12.1 Å². The third kappa shape index (κ3) is 2.87. The largest absolute Gasteiger partial charge is 0.465 e. The van der Waals surface area contributed by atoms with Gasteiger partial charge < -0.3 is 19.6 Å². The summed E-state index contributed by atoms with van der Waals surface area (Å²) in [5, 5.41) is 9.21. The first kappa shape index (κ1) is 18.7. The van der Waals surface area contributed by atoms with Crippen molar-refractivity contribution in [2.45, 2.75) is 59.4 Å². The van der Waals surface area contributed by atoms with Crippen molar-refractivity contribution in [2.24, 2.45) is 10.8 Å². The average molecular weight is 364 g/mol. The Morgan fingerprint density at radius 3 is 2.38 bits per heavy atom. The molecule has 0 bridgehead atoms. The Balaban J connectivity index is 1.96. The number of likely N-dealkylation sites (tertiary alicyclic amines) is 2. The molecule has 2 saturated heterocycles. The van der Waals surface area contributed by atoms with Gasteiger partial charge in [0.25, 0.3) is 0 Å². The van der Waals surface area contributed by atoms with E-state index >= 15 is 0 Å². The van der Waals surface area contributed by atoms with E-state index in [-0.39, 0.29) is 29.9 Å². The van der Waals surface area contributed by atoms with Crippen LogP contribution in [0.3, 0.4) is 0 Å². The number of piperidine rings is 1. The molecule has 0 aromatic heterocycles. The molecule has 0 aromatic rings. The summed E-state index contributed by atoms with van der Waals surface area (Å²) in [4.78, 5) is 40.0. The lowest BCUT2D eigenvalue weighted by Crippen LogP contribution is -2.46. The van der Waals surface area contributed by atoms with Crippen molar-refractivity contribution >= 4 is 18.0 Å². The number of hydrogen-bond acceptors (Lipinski definition) is 4. The topological polar surface area (TPSA) is 87.2 Å². The Morgan fingerprint density at radius 2 is 1.88 bits per heavy atom. The number of carboxylic acid groups (broad SMARTS) is 1. The van der Waals surface area contributed by atoms with Crippen LogP contribution in [0.15, 0.2) is 11.3 Å². The molecule has 3 aliphatic heterocycles. The van der Waals surface area contributed by atoms with Crippen molar-refractivity contribution in [3.63, 3.8) is 0 Å². The molecule has 1 spiro atoms. The SMILES string of the molecule is CCC1=C(N2C(=O)C3(CCN(C(=O)O)CC3)CC2C(C)(C)C)COC1=O. The van der Waals surface area contributed by atoms with Gasteiger partial charge in [-0.25, -0.2) is 9.59 Å². The van der Waals surface area contributed by atoms with Gasteiger partial charge in [0.15, 0.2) is 0 Å². The number of nitrogens with zero attached hydrogens (tertiary/aromatic N) is 2. The predicted molar refractivity (Wildman–Crippen MR) is 94.2 cm³/mol. The monoisotopic (exact) mass is 364 g/mol. The summed E-state index contributed by atoms with van der Waals surface area (Å²) in [5.74, 6) is -0.300. The summed E-state index contributed by atoms with van der Waals surface area (Å²) in [6.07, 6.45) is 1.36. The lowest BCUT2D eigenvalue weighted by Gasteiger charge is -2.36. The van der Waals surface area contributed by atoms with Crippen molar-refractivity contribution in [2.75, 3.05) is 19.7 Å². The van der Waals surface area contributed by atoms with E-state index in [1.807, 2.05) is 11.8 Å². The minimum Gasteiger partial charge on any atom is -0.465 e. The fourth-order valence-corrected chi connectivity index (χ4v) is 4.48. The molecular weight excluding hydrogens is 336 g/mol. The van der Waals surface area contributed by atoms with Crippen LogP contribution in [0.4, 0.5) is 4.79 Å². The third-order valence-corrected chi connectivity index (χ3v) is 6.14. The summed E-state index contributed by atoms with van der Waals surface area (Å²) >= 11 is 0. The highest BCUT2D eigenvalue weighted by atomic mass is 16.5. The lowest BCUT2D eigenvalue weighted by molar-refractivity contribution is -0.139. The van der Waals surface area contributed by atoms with Crippen molar-refractivity contribution in [1.29, 1.82) is 0 Å². The van der Waals surface area contributed by atoms with Crippen LogP contribution >= 0.6 is 0 Å². The highest BCUT2D eigenvalue weighted by molar-refractivity contribution is 5.95. The zero-order valence-corrected chi connectivity index (χ0v) is 16.0. The Kier molecular flexibility index (Phi) is 4.53. The molecule has 2 amide bonds. The van der Waals surface area contributed by atoms with Crippen LogP contribution in [0.1, 0.15) is 53.4 Å². The summed E-state index contributed by atoms with van der Waals surface area (Å²) in [5.41, 5.74) is 0.606. The molecule has 3 rings (SSSR count). The van der Waals surface area contributed by atoms with E-state index in [9.17, 15) is 19.5 Å². The van der Waals surface area contributed by atoms with E-state index in [1.165, 1.54) is 4.90 Å². The summed E-state index contributed by atoms with van der Waals surface area (Å²) in [7, 11) is 0. The van der Waals surface area contributed by atoms with Gasteiger partial charge in [-0.2, -0.15) is 0 Å². The van der Waals surface area contributed by atoms with Gasteiger partial charge in [0.05, 0.1) is 16.7 Å². The van der Waals surface area contributed by atoms with Crippen molar-refractivity contribution < 1.29 is 24.2 Å². The van der Waals surface area contributed by atoms with Crippen LogP contribution in [0.2, 0.25) is 0 Å². The van der Waals surface area contributed by atoms with E-state index in [0.717, 1.165) is 0 Å². The summed E-state index contributed by atoms with van der Waals surface area (Å²) < 4.78 is 5.22. The zero-order valence-electron chi connectivity index (χ0n) is 16.0. The molecule has 7 heteroatoms. The standard InChI is InChI=1S/C19H28N2O5/c1-5-12-13(11-26-15(12)22)21-14(18(2,3)4)10-19(16(21)23)6-8-20(9-7-19)17(24)25/h14H,5-11H2,1-4H3,(H,24,25). The molecule has 0 aliphatic carbocycles. The van der Waals surface area contributed by atoms with Crippen molar-refractivity contribution in [3.05, 3.63) is 11.3 Å². The number of hydrogen-bond donors (Lipinski definition) is 1. The van der Waals surface area contributed by atoms with Crippen molar-refractivity contribution in [3.8, 4) is 0 Å². The van der Waals surface area contributed by atoms with Gasteiger partial charge in [-0.3, -0.25) is 4.79 Å². The van der Waals surface area contributed by atoms with E-state index < -0.39 is 11.5 Å². The van der Waals surface area contributed by atoms with Crippen LogP contribution in [0.25, 0.3) is 0 Å². The minimum atomic E-state index is -0.930. The third-order valence-electron chi connectivity index (χ3n) is 6.14. The lowest BCUT2D eigenvalue weighted by atomic mass is 9.72. The predicted octanol–water partition coefficient (Wildman–Crippen LogP) is 2.61. The maximum atomic E-state index is 13.5. The number of carbonyl (C=O) groups excluding carboxylic acids is 2. The second-order valence-corrected chi connectivity index (χ2v) is 8.67. The molecule has 26 heavy (non-hydrogen) atoms. The molecule has 1 atom stereocenters. The quantitative estimate of drug-likeness (QED) is 0.761. The van der Waals surface area contributed by atoms with Gasteiger partial charge in [0.1, 0.15) is 6.61 Å². The van der Waals surface area contributed by atoms with E-state index in [4.69, 9.17) is 4.74 Å². The van der Waals surface area contributed by atoms with Crippen LogP contribution < -0.4 is 0 Å². The zero-order chi connectivity index (χ0) is 19.3. The fourth-order valence-electron chi connectivity index (χ4n) is 4.48. The summed E-state index contributed by atoms with van der Waals surface area (Å²) in [6, 6.07) is -0.0302. The van der Waals surface area contributed by atoms with E-state index in [2.05, 4.69) is 20.8 Å². The molecular formula is C19H28N2O5. The first-order chi connectivity index (χ1) is 12.1. The van der Waals surface area contributed by atoms with Crippen molar-refractivity contribution in [1.82, 2.24) is 9.80 Å². The molecule has 1 unspecified atom stereocenters. The number of amides is 2. The highest BCUT2D eigenvalue weighted by Gasteiger charge is 2.57. The molecule has 144 valence electrons. The molecule has 0 radical (unpaired) electrons. The Labute approximate surface area is 154 Å². The maximum Gasteiger partial charge on any atom is 0.407 e. The van der Waals surface area contributed by atoms with Gasteiger partial charge in [0, 0.05) is 19.1 Å². The Morgan fingerprint density at radius 1 is 1.27 bits per heavy atom. The molecule has 3 heterocycles. The van der Waals surface area contributed by atoms with Crippen LogP contribution in [0, 0.1) is 10.8 Å². The first-order valence-electron chi connectivity index (χ1n) is 9.31. The molecule has 2 fully saturated rings. The van der Waals surface area contributed by atoms with Crippen LogP contribution in [0.5, 0.6) is 0 Å². The molecule has 0 saturated carbocycles. The molecule has 3 aliphatic rings. The van der Waals surface area contributed by atoms with Gasteiger partial charge in [-0.1, -0.05) is 27.7 Å². The second-order valence-electron chi connectivity index (χ2n) is 8.67. The average Bonchev–Trinajstić information content (AvgIpc) is 3.06. The van der Waals surface area contributed by atoms with Crippen LogP contribution in [-0.4, -0.2) is 58.6 Å². The Bertz CT molecular complexity index is 668. The molecule has 0 aromatic carbocycles. The summed E-state index contributed by atoms with van der Waals surface area (Å²) in [6.45, 7) is 9.11. The minimum absolute atomic E-state index is 0.0294. The van der Waals surface area contributed by atoms with Crippen LogP contribution in [-0.2, 0) is 14.3 Å². The van der Waals surface area contributed by atoms with Gasteiger partial charge in [-0.15, -0.1) is 0 Å². The number of cyclic esters (lactones) is 1. The van der Waals surface area contributed by atoms with Gasteiger partial charge in [-0.05, 0) is 31.1 Å². The van der Waals surface area contributed by atoms with E-state index in [0.29, 0.717) is 50.0 Å². The number of esters is 1. The fraction of sp³-hybridized carbons (Fsp3) is 0.737. The normalized spacial score (nSPS) is 26.1. The smallest absolute Gasteiger partial charge is 0.407 e. The highest BCUT2D eigenvalue weighted by Crippen LogP contribution is 2.51. The molecule has 1 N–H and O–H groups in total. The van der Waals surface area contributed by atoms with E-state index in [1.54, 1.807) is 0 Å². The Hall–Kier alpha value is -2.05.